The summed E-state index contributed by atoms with van der Waals surface area (Å²) in [6.07, 6.45) is 3.29. The third-order valence-electron chi connectivity index (χ3n) is 4.23. The number of anilines is 3. The molecule has 126 valence electrons. The van der Waals surface area contributed by atoms with E-state index in [9.17, 15) is 4.79 Å². The largest absolute Gasteiger partial charge is 0.496 e. The summed E-state index contributed by atoms with van der Waals surface area (Å²) in [6.45, 7) is 6.14. The summed E-state index contributed by atoms with van der Waals surface area (Å²) in [5.41, 5.74) is 8.99. The van der Waals surface area contributed by atoms with Gasteiger partial charge < -0.3 is 20.7 Å². The number of nitrogens with zero attached hydrogens (tertiary/aromatic N) is 4. The molecule has 1 amide bonds. The van der Waals surface area contributed by atoms with Gasteiger partial charge in [0.2, 0.25) is 11.9 Å². The second-order valence-corrected chi connectivity index (χ2v) is 5.80. The molecule has 0 unspecified atom stereocenters. The van der Waals surface area contributed by atoms with Gasteiger partial charge in [0.1, 0.15) is 17.5 Å². The number of aryl methyl sites for hydroxylation is 1. The Morgan fingerprint density at radius 3 is 2.79 bits per heavy atom. The first-order valence-corrected chi connectivity index (χ1v) is 7.61. The number of hydrogen-bond donors (Lipinski definition) is 2. The van der Waals surface area contributed by atoms with Crippen LogP contribution in [-0.2, 0) is 11.3 Å². The molecule has 1 atom stereocenters. The van der Waals surface area contributed by atoms with Gasteiger partial charge in [0.05, 0.1) is 25.5 Å². The highest BCUT2D eigenvalue weighted by atomic mass is 16.5. The minimum Gasteiger partial charge on any atom is -0.496 e. The molecule has 0 saturated carbocycles. The van der Waals surface area contributed by atoms with Crippen molar-refractivity contribution in [3.8, 4) is 5.75 Å². The fourth-order valence-corrected chi connectivity index (χ4v) is 2.86. The molecule has 3 rings (SSSR count). The molecular weight excluding hydrogens is 308 g/mol. The highest BCUT2D eigenvalue weighted by Crippen LogP contribution is 2.32. The third kappa shape index (κ3) is 2.60. The normalized spacial score (nSPS) is 16.6. The lowest BCUT2D eigenvalue weighted by atomic mass is 10.1. The standard InChI is InChI=1S/C16H20N6O2/c1-8-5-18-12(9(2)13(8)24-4)7-22-10(3)15(23)20-11-6-19-16(17)21-14(11)22/h5-6,10H,7H2,1-4H3,(H,20,23)(H2,17,19,21)/t10-/m1/s1. The van der Waals surface area contributed by atoms with Crippen molar-refractivity contribution in [3.63, 3.8) is 0 Å². The van der Waals surface area contributed by atoms with E-state index in [-0.39, 0.29) is 11.9 Å². The number of nitrogens with one attached hydrogen (secondary N) is 1. The molecule has 0 bridgehead atoms. The second kappa shape index (κ2) is 5.95. The van der Waals surface area contributed by atoms with Gasteiger partial charge in [0.25, 0.3) is 0 Å². The molecule has 1 aliphatic heterocycles. The van der Waals surface area contributed by atoms with Crippen LogP contribution in [0.5, 0.6) is 5.75 Å². The zero-order valence-corrected chi connectivity index (χ0v) is 14.1. The number of rotatable bonds is 3. The zero-order valence-electron chi connectivity index (χ0n) is 14.1. The number of methoxy groups -OCH3 is 1. The Hall–Kier alpha value is -2.90. The molecule has 2 aromatic rings. The molecule has 24 heavy (non-hydrogen) atoms. The summed E-state index contributed by atoms with van der Waals surface area (Å²) in [5, 5.41) is 2.79. The molecule has 3 N–H and O–H groups in total. The van der Waals surface area contributed by atoms with E-state index in [1.54, 1.807) is 13.3 Å². The molecule has 0 fully saturated rings. The maximum Gasteiger partial charge on any atom is 0.247 e. The summed E-state index contributed by atoms with van der Waals surface area (Å²) in [4.78, 5) is 26.8. The van der Waals surface area contributed by atoms with Gasteiger partial charge in [-0.25, -0.2) is 4.98 Å². The quantitative estimate of drug-likeness (QED) is 0.877. The number of hydrogen-bond acceptors (Lipinski definition) is 7. The van der Waals surface area contributed by atoms with Crippen molar-refractivity contribution >= 4 is 23.4 Å². The van der Waals surface area contributed by atoms with Crippen LogP contribution in [0, 0.1) is 13.8 Å². The van der Waals surface area contributed by atoms with Crippen molar-refractivity contribution in [2.24, 2.45) is 0 Å². The number of amides is 1. The predicted molar refractivity (Wildman–Crippen MR) is 91.0 cm³/mol. The van der Waals surface area contributed by atoms with Gasteiger partial charge in [0, 0.05) is 17.3 Å². The van der Waals surface area contributed by atoms with Crippen LogP contribution in [0.1, 0.15) is 23.7 Å². The molecule has 8 nitrogen and oxygen atoms in total. The second-order valence-electron chi connectivity index (χ2n) is 5.80. The lowest BCUT2D eigenvalue weighted by Gasteiger charge is -2.35. The Labute approximate surface area is 140 Å². The van der Waals surface area contributed by atoms with E-state index in [4.69, 9.17) is 10.5 Å². The van der Waals surface area contributed by atoms with Gasteiger partial charge in [-0.3, -0.25) is 9.78 Å². The molecule has 3 heterocycles. The highest BCUT2D eigenvalue weighted by molar-refractivity contribution is 6.02. The van der Waals surface area contributed by atoms with Gasteiger partial charge >= 0.3 is 0 Å². The number of ether oxygens (including phenoxy) is 1. The minimum absolute atomic E-state index is 0.118. The lowest BCUT2D eigenvalue weighted by molar-refractivity contribution is -0.117. The minimum atomic E-state index is -0.403. The number of aromatic nitrogens is 3. The van der Waals surface area contributed by atoms with Gasteiger partial charge in [-0.15, -0.1) is 0 Å². The van der Waals surface area contributed by atoms with E-state index in [1.165, 1.54) is 6.20 Å². The van der Waals surface area contributed by atoms with Gasteiger partial charge in [0.15, 0.2) is 5.82 Å². The molecular formula is C16H20N6O2. The van der Waals surface area contributed by atoms with Crippen LogP contribution >= 0.6 is 0 Å². The number of carbonyl (C=O) groups is 1. The van der Waals surface area contributed by atoms with Crippen molar-refractivity contribution in [1.29, 1.82) is 0 Å². The van der Waals surface area contributed by atoms with Crippen LogP contribution in [0.4, 0.5) is 17.5 Å². The number of carbonyl (C=O) groups excluding carboxylic acids is 1. The molecule has 8 heteroatoms. The van der Waals surface area contributed by atoms with E-state index >= 15 is 0 Å². The maximum atomic E-state index is 12.2. The Morgan fingerprint density at radius 2 is 2.08 bits per heavy atom. The van der Waals surface area contributed by atoms with Crippen molar-refractivity contribution in [3.05, 3.63) is 29.2 Å². The third-order valence-corrected chi connectivity index (χ3v) is 4.23. The zero-order chi connectivity index (χ0) is 17.4. The fraction of sp³-hybridized carbons (Fsp3) is 0.375. The Kier molecular flexibility index (Phi) is 3.96. The predicted octanol–water partition coefficient (Wildman–Crippen LogP) is 1.43. The average Bonchev–Trinajstić information content (AvgIpc) is 2.55. The van der Waals surface area contributed by atoms with Gasteiger partial charge in [-0.2, -0.15) is 4.98 Å². The van der Waals surface area contributed by atoms with Crippen molar-refractivity contribution < 1.29 is 9.53 Å². The van der Waals surface area contributed by atoms with Crippen molar-refractivity contribution in [2.75, 3.05) is 23.1 Å². The molecule has 0 saturated heterocycles. The van der Waals surface area contributed by atoms with Crippen molar-refractivity contribution in [1.82, 2.24) is 15.0 Å². The van der Waals surface area contributed by atoms with E-state index < -0.39 is 6.04 Å². The van der Waals surface area contributed by atoms with E-state index in [0.717, 1.165) is 22.6 Å². The van der Waals surface area contributed by atoms with E-state index in [0.29, 0.717) is 18.1 Å². The smallest absolute Gasteiger partial charge is 0.247 e. The van der Waals surface area contributed by atoms with Crippen LogP contribution < -0.4 is 20.7 Å². The molecule has 0 radical (unpaired) electrons. The maximum absolute atomic E-state index is 12.2. The molecule has 1 aliphatic rings. The first-order chi connectivity index (χ1) is 11.4. The number of nitrogens with two attached hydrogens (primary N) is 1. The first kappa shape index (κ1) is 16.0. The Morgan fingerprint density at radius 1 is 1.33 bits per heavy atom. The monoisotopic (exact) mass is 328 g/mol. The van der Waals surface area contributed by atoms with Crippen LogP contribution in [0.3, 0.4) is 0 Å². The lowest BCUT2D eigenvalue weighted by Crippen LogP contribution is -2.46. The van der Waals surface area contributed by atoms with Crippen LogP contribution in [0.15, 0.2) is 12.4 Å². The Balaban J connectivity index is 2.04. The summed E-state index contributed by atoms with van der Waals surface area (Å²) >= 11 is 0. The first-order valence-electron chi connectivity index (χ1n) is 7.61. The van der Waals surface area contributed by atoms with Crippen molar-refractivity contribution in [2.45, 2.75) is 33.4 Å². The van der Waals surface area contributed by atoms with E-state index in [2.05, 4.69) is 20.3 Å². The number of fused-ring (bicyclic) bond motifs is 1. The van der Waals surface area contributed by atoms with Crippen LogP contribution in [0.2, 0.25) is 0 Å². The summed E-state index contributed by atoms with van der Waals surface area (Å²) in [6, 6.07) is -0.403. The van der Waals surface area contributed by atoms with E-state index in [1.807, 2.05) is 25.7 Å². The van der Waals surface area contributed by atoms with Crippen LogP contribution in [-0.4, -0.2) is 34.0 Å². The molecule has 0 spiro atoms. The number of pyridine rings is 1. The number of nitrogen functional groups attached to an aromatic ring is 1. The Bertz CT molecular complexity index is 807. The molecule has 0 aliphatic carbocycles. The summed E-state index contributed by atoms with van der Waals surface area (Å²) in [7, 11) is 1.64. The average molecular weight is 328 g/mol. The van der Waals surface area contributed by atoms with Crippen LogP contribution in [0.25, 0.3) is 0 Å². The summed E-state index contributed by atoms with van der Waals surface area (Å²) < 4.78 is 5.46. The molecule has 0 aromatic carbocycles. The SMILES string of the molecule is COc1c(C)cnc(CN2c3nc(N)ncc3NC(=O)[C@H]2C)c1C. The fourth-order valence-electron chi connectivity index (χ4n) is 2.86. The molecule has 2 aromatic heterocycles. The highest BCUT2D eigenvalue weighted by Gasteiger charge is 2.32. The summed E-state index contributed by atoms with van der Waals surface area (Å²) in [5.74, 6) is 1.44. The van der Waals surface area contributed by atoms with Gasteiger partial charge in [-0.1, -0.05) is 0 Å². The topological polar surface area (TPSA) is 106 Å². The van der Waals surface area contributed by atoms with Gasteiger partial charge in [-0.05, 0) is 20.8 Å².